The number of carbonyl (C=O) groups is 1. The van der Waals surface area contributed by atoms with Crippen LogP contribution in [0, 0.1) is 6.92 Å². The third-order valence-corrected chi connectivity index (χ3v) is 7.07. The Kier molecular flexibility index (Phi) is 6.67. The molecule has 0 aliphatic carbocycles. The smallest absolute Gasteiger partial charge is 0.244 e. The molecule has 0 saturated carbocycles. The molecule has 164 valence electrons. The van der Waals surface area contributed by atoms with Gasteiger partial charge in [0.15, 0.2) is 0 Å². The van der Waals surface area contributed by atoms with Crippen molar-refractivity contribution >= 4 is 17.2 Å². The average molecular weight is 441 g/mol. The zero-order valence-electron chi connectivity index (χ0n) is 17.7. The predicted molar refractivity (Wildman–Crippen MR) is 119 cm³/mol. The number of aromatic nitrogens is 3. The minimum Gasteiger partial charge on any atom is -0.493 e. The van der Waals surface area contributed by atoms with Gasteiger partial charge in [-0.2, -0.15) is 5.10 Å². The Hall–Kier alpha value is -2.71. The number of aryl methyl sites for hydroxylation is 1. The molecule has 3 heterocycles. The van der Waals surface area contributed by atoms with Crippen LogP contribution in [0.15, 0.2) is 48.8 Å². The second-order valence-corrected chi connectivity index (χ2v) is 8.99. The fourth-order valence-corrected chi connectivity index (χ4v) is 5.04. The standard InChI is InChI=1S/C23H28N4O3S/c1-18-20(9-16-30-19-7-3-2-4-8-19)31-22(25-18)23(29)10-5-13-26(15-11-23)21(28)17-27-14-6-12-24-27/h2-4,6-8,12,14,29H,5,9-11,13,15-17H2,1H3/t23-/m1/s1. The van der Waals surface area contributed by atoms with Gasteiger partial charge in [-0.1, -0.05) is 18.2 Å². The number of thiazole rings is 1. The highest BCUT2D eigenvalue weighted by Gasteiger charge is 2.36. The summed E-state index contributed by atoms with van der Waals surface area (Å²) < 4.78 is 7.45. The Morgan fingerprint density at radius 2 is 2.06 bits per heavy atom. The second kappa shape index (κ2) is 9.62. The topological polar surface area (TPSA) is 80.5 Å². The molecule has 0 spiro atoms. The maximum absolute atomic E-state index is 12.6. The molecule has 1 saturated heterocycles. The van der Waals surface area contributed by atoms with E-state index in [1.54, 1.807) is 28.4 Å². The molecule has 8 heteroatoms. The van der Waals surface area contributed by atoms with Gasteiger partial charge in [0.05, 0.1) is 12.3 Å². The summed E-state index contributed by atoms with van der Waals surface area (Å²) in [4.78, 5) is 20.3. The van der Waals surface area contributed by atoms with E-state index in [1.807, 2.05) is 48.2 Å². The van der Waals surface area contributed by atoms with Crippen molar-refractivity contribution < 1.29 is 14.6 Å². The Morgan fingerprint density at radius 3 is 2.84 bits per heavy atom. The summed E-state index contributed by atoms with van der Waals surface area (Å²) in [5.41, 5.74) is -0.0461. The van der Waals surface area contributed by atoms with E-state index < -0.39 is 5.60 Å². The molecule has 4 rings (SSSR count). The molecule has 0 bridgehead atoms. The third kappa shape index (κ3) is 5.32. The first-order chi connectivity index (χ1) is 15.0. The molecule has 7 nitrogen and oxygen atoms in total. The highest BCUT2D eigenvalue weighted by molar-refractivity contribution is 7.11. The van der Waals surface area contributed by atoms with E-state index >= 15 is 0 Å². The van der Waals surface area contributed by atoms with Crippen molar-refractivity contribution in [3.05, 3.63) is 64.4 Å². The fraction of sp³-hybridized carbons (Fsp3) is 0.435. The molecule has 3 aromatic rings. The van der Waals surface area contributed by atoms with E-state index in [2.05, 4.69) is 5.10 Å². The van der Waals surface area contributed by atoms with Gasteiger partial charge >= 0.3 is 0 Å². The highest BCUT2D eigenvalue weighted by Crippen LogP contribution is 2.36. The van der Waals surface area contributed by atoms with Gasteiger partial charge in [-0.15, -0.1) is 11.3 Å². The summed E-state index contributed by atoms with van der Waals surface area (Å²) in [6, 6.07) is 11.6. The number of aliphatic hydroxyl groups is 1. The molecule has 2 aromatic heterocycles. The number of para-hydroxylation sites is 1. The van der Waals surface area contributed by atoms with Gasteiger partial charge in [0.25, 0.3) is 0 Å². The summed E-state index contributed by atoms with van der Waals surface area (Å²) in [5, 5.41) is 16.2. The van der Waals surface area contributed by atoms with Gasteiger partial charge in [-0.05, 0) is 38.0 Å². The van der Waals surface area contributed by atoms with Crippen molar-refractivity contribution in [1.82, 2.24) is 19.7 Å². The van der Waals surface area contributed by atoms with Crippen LogP contribution in [-0.2, 0) is 23.4 Å². The zero-order valence-corrected chi connectivity index (χ0v) is 18.6. The third-order valence-electron chi connectivity index (χ3n) is 5.65. The minimum atomic E-state index is -0.991. The largest absolute Gasteiger partial charge is 0.493 e. The van der Waals surface area contributed by atoms with Crippen LogP contribution in [-0.4, -0.2) is 50.4 Å². The lowest BCUT2D eigenvalue weighted by molar-refractivity contribution is -0.132. The minimum absolute atomic E-state index is 0.0296. The van der Waals surface area contributed by atoms with Gasteiger partial charge in [0, 0.05) is 43.2 Å². The lowest BCUT2D eigenvalue weighted by Gasteiger charge is -2.24. The molecule has 1 aliphatic rings. The molecule has 0 radical (unpaired) electrons. The average Bonchev–Trinajstić information content (AvgIpc) is 3.36. The van der Waals surface area contributed by atoms with Crippen LogP contribution < -0.4 is 4.74 Å². The van der Waals surface area contributed by atoms with E-state index in [9.17, 15) is 9.90 Å². The molecular formula is C23H28N4O3S. The first-order valence-corrected chi connectivity index (χ1v) is 11.5. The van der Waals surface area contributed by atoms with Crippen molar-refractivity contribution in [2.45, 2.75) is 44.8 Å². The van der Waals surface area contributed by atoms with Crippen LogP contribution >= 0.6 is 11.3 Å². The molecule has 1 aromatic carbocycles. The SMILES string of the molecule is Cc1nc([C@@]2(O)CCCN(C(=O)Cn3cccn3)CC2)sc1CCOc1ccccc1. The number of ether oxygens (including phenoxy) is 1. The quantitative estimate of drug-likeness (QED) is 0.610. The number of carbonyl (C=O) groups excluding carboxylic acids is 1. The molecular weight excluding hydrogens is 412 g/mol. The van der Waals surface area contributed by atoms with Gasteiger partial charge in [-0.3, -0.25) is 9.48 Å². The Labute approximate surface area is 186 Å². The van der Waals surface area contributed by atoms with Crippen LogP contribution in [0.3, 0.4) is 0 Å². The lowest BCUT2D eigenvalue weighted by atomic mass is 9.96. The summed E-state index contributed by atoms with van der Waals surface area (Å²) in [7, 11) is 0. The molecule has 1 amide bonds. The number of amides is 1. The Balaban J connectivity index is 1.36. The van der Waals surface area contributed by atoms with Gasteiger partial charge in [0.1, 0.15) is 22.9 Å². The first kappa shape index (κ1) is 21.5. The fourth-order valence-electron chi connectivity index (χ4n) is 3.85. The van der Waals surface area contributed by atoms with Crippen molar-refractivity contribution in [3.63, 3.8) is 0 Å². The normalized spacial score (nSPS) is 19.2. The molecule has 31 heavy (non-hydrogen) atoms. The number of nitrogens with zero attached hydrogens (tertiary/aromatic N) is 4. The van der Waals surface area contributed by atoms with Gasteiger partial charge < -0.3 is 14.7 Å². The summed E-state index contributed by atoms with van der Waals surface area (Å²) in [6.07, 6.45) is 6.04. The number of likely N-dealkylation sites (tertiary alicyclic amines) is 1. The van der Waals surface area contributed by atoms with Crippen LogP contribution in [0.4, 0.5) is 0 Å². The van der Waals surface area contributed by atoms with Crippen LogP contribution in [0.2, 0.25) is 0 Å². The number of hydrogen-bond donors (Lipinski definition) is 1. The van der Waals surface area contributed by atoms with E-state index in [4.69, 9.17) is 9.72 Å². The Morgan fingerprint density at radius 1 is 1.23 bits per heavy atom. The van der Waals surface area contributed by atoms with E-state index in [-0.39, 0.29) is 12.5 Å². The molecule has 1 aliphatic heterocycles. The van der Waals surface area contributed by atoms with E-state index in [0.717, 1.165) is 34.2 Å². The van der Waals surface area contributed by atoms with Crippen molar-refractivity contribution in [2.24, 2.45) is 0 Å². The first-order valence-electron chi connectivity index (χ1n) is 10.7. The number of benzene rings is 1. The highest BCUT2D eigenvalue weighted by atomic mass is 32.1. The van der Waals surface area contributed by atoms with E-state index in [0.29, 0.717) is 32.5 Å². The van der Waals surface area contributed by atoms with Crippen molar-refractivity contribution in [2.75, 3.05) is 19.7 Å². The van der Waals surface area contributed by atoms with Gasteiger partial charge in [-0.25, -0.2) is 4.98 Å². The maximum Gasteiger partial charge on any atom is 0.244 e. The van der Waals surface area contributed by atoms with Crippen LogP contribution in [0.5, 0.6) is 5.75 Å². The second-order valence-electron chi connectivity index (χ2n) is 7.91. The maximum atomic E-state index is 12.6. The number of rotatable bonds is 7. The van der Waals surface area contributed by atoms with Crippen LogP contribution in [0.1, 0.15) is 34.8 Å². The van der Waals surface area contributed by atoms with Crippen LogP contribution in [0.25, 0.3) is 0 Å². The molecule has 1 fully saturated rings. The van der Waals surface area contributed by atoms with E-state index in [1.165, 1.54) is 0 Å². The molecule has 0 unspecified atom stereocenters. The summed E-state index contributed by atoms with van der Waals surface area (Å²) in [6.45, 7) is 3.94. The number of hydrogen-bond acceptors (Lipinski definition) is 6. The van der Waals surface area contributed by atoms with Gasteiger partial charge in [0.2, 0.25) is 5.91 Å². The molecule has 1 atom stereocenters. The summed E-state index contributed by atoms with van der Waals surface area (Å²) in [5.74, 6) is 0.883. The summed E-state index contributed by atoms with van der Waals surface area (Å²) >= 11 is 1.56. The zero-order chi connectivity index (χ0) is 21.7. The van der Waals surface area contributed by atoms with Crippen molar-refractivity contribution in [3.8, 4) is 5.75 Å². The molecule has 1 N–H and O–H groups in total. The Bertz CT molecular complexity index is 990. The lowest BCUT2D eigenvalue weighted by Crippen LogP contribution is -2.36. The van der Waals surface area contributed by atoms with Crippen molar-refractivity contribution in [1.29, 1.82) is 0 Å². The predicted octanol–water partition coefficient (Wildman–Crippen LogP) is 3.17. The monoisotopic (exact) mass is 440 g/mol.